The fourth-order valence-corrected chi connectivity index (χ4v) is 3.00. The third kappa shape index (κ3) is 3.48. The second kappa shape index (κ2) is 6.23. The number of benzene rings is 2. The molecule has 0 unspecified atom stereocenters. The van der Waals surface area contributed by atoms with E-state index in [9.17, 15) is 24.4 Å². The number of nitrogens with zero attached hydrogens (tertiary/aromatic N) is 2. The molecule has 108 valence electrons. The molecule has 0 aliphatic rings. The van der Waals surface area contributed by atoms with Gasteiger partial charge in [0.05, 0.1) is 32.5 Å². The van der Waals surface area contributed by atoms with Crippen LogP contribution < -0.4 is 0 Å². The van der Waals surface area contributed by atoms with Crippen molar-refractivity contribution in [3.8, 4) is 0 Å². The smallest absolute Gasteiger partial charge is 0.258 e. The van der Waals surface area contributed by atoms with Gasteiger partial charge in [-0.1, -0.05) is 30.3 Å². The summed E-state index contributed by atoms with van der Waals surface area (Å²) in [6.45, 7) is 0. The standard InChI is InChI=1S/C13H10N2O5S/c16-14(17)11-6-7-13(12(8-11)15(18)19)21(20)9-10-4-2-1-3-5-10/h1-8H,9H2/t21-/m0/s1. The van der Waals surface area contributed by atoms with Gasteiger partial charge >= 0.3 is 0 Å². The van der Waals surface area contributed by atoms with E-state index in [1.807, 2.05) is 0 Å². The van der Waals surface area contributed by atoms with E-state index in [-0.39, 0.29) is 10.6 Å². The minimum absolute atomic E-state index is 0.0190. The molecule has 1 atom stereocenters. The highest BCUT2D eigenvalue weighted by molar-refractivity contribution is 7.84. The molecular weight excluding hydrogens is 296 g/mol. The first kappa shape index (κ1) is 14.8. The van der Waals surface area contributed by atoms with Crippen LogP contribution in [0.15, 0.2) is 53.4 Å². The summed E-state index contributed by atoms with van der Waals surface area (Å²) in [5.41, 5.74) is -0.135. The lowest BCUT2D eigenvalue weighted by Crippen LogP contribution is -2.02. The van der Waals surface area contributed by atoms with Crippen molar-refractivity contribution in [1.29, 1.82) is 0 Å². The summed E-state index contributed by atoms with van der Waals surface area (Å²) in [6, 6.07) is 12.0. The van der Waals surface area contributed by atoms with Crippen LogP contribution in [-0.2, 0) is 16.6 Å². The van der Waals surface area contributed by atoms with E-state index in [0.717, 1.165) is 17.7 Å². The van der Waals surface area contributed by atoms with Crippen molar-refractivity contribution >= 4 is 22.2 Å². The number of non-ortho nitro benzene ring substituents is 1. The van der Waals surface area contributed by atoms with Crippen LogP contribution in [0.25, 0.3) is 0 Å². The lowest BCUT2D eigenvalue weighted by atomic mass is 10.2. The summed E-state index contributed by atoms with van der Waals surface area (Å²) in [7, 11) is -1.65. The summed E-state index contributed by atoms with van der Waals surface area (Å²) in [5, 5.41) is 21.7. The molecule has 0 saturated heterocycles. The largest absolute Gasteiger partial charge is 0.292 e. The van der Waals surface area contributed by atoms with Crippen LogP contribution in [0.3, 0.4) is 0 Å². The van der Waals surface area contributed by atoms with Crippen molar-refractivity contribution in [3.05, 3.63) is 74.3 Å². The van der Waals surface area contributed by atoms with Gasteiger partial charge in [-0.2, -0.15) is 0 Å². The molecule has 0 aliphatic heterocycles. The molecule has 0 spiro atoms. The number of hydrogen-bond acceptors (Lipinski definition) is 5. The molecule has 8 heteroatoms. The molecule has 0 aliphatic carbocycles. The number of rotatable bonds is 5. The SMILES string of the molecule is O=[N+]([O-])c1ccc([S@@](=O)Cc2ccccc2)c([N+](=O)[O-])c1. The molecule has 0 bridgehead atoms. The minimum Gasteiger partial charge on any atom is -0.258 e. The van der Waals surface area contributed by atoms with E-state index in [2.05, 4.69) is 0 Å². The number of nitro benzene ring substituents is 2. The summed E-state index contributed by atoms with van der Waals surface area (Å²) in [5.74, 6) is 0.111. The zero-order chi connectivity index (χ0) is 15.4. The molecule has 2 aromatic rings. The lowest BCUT2D eigenvalue weighted by Gasteiger charge is -2.04. The van der Waals surface area contributed by atoms with Gasteiger partial charge in [0, 0.05) is 6.07 Å². The second-order valence-corrected chi connectivity index (χ2v) is 5.56. The first-order valence-corrected chi connectivity index (χ1v) is 7.16. The van der Waals surface area contributed by atoms with Gasteiger partial charge in [0.25, 0.3) is 11.4 Å². The maximum atomic E-state index is 12.3. The highest BCUT2D eigenvalue weighted by atomic mass is 32.2. The van der Waals surface area contributed by atoms with Gasteiger partial charge in [-0.25, -0.2) is 0 Å². The Bertz CT molecular complexity index is 718. The van der Waals surface area contributed by atoms with Crippen molar-refractivity contribution in [3.63, 3.8) is 0 Å². The van der Waals surface area contributed by atoms with Crippen molar-refractivity contribution in [2.24, 2.45) is 0 Å². The highest BCUT2D eigenvalue weighted by Crippen LogP contribution is 2.28. The molecule has 0 radical (unpaired) electrons. The maximum Gasteiger partial charge on any atom is 0.292 e. The number of hydrogen-bond donors (Lipinski definition) is 0. The highest BCUT2D eigenvalue weighted by Gasteiger charge is 2.23. The van der Waals surface area contributed by atoms with Crippen LogP contribution in [0.2, 0.25) is 0 Å². The monoisotopic (exact) mass is 306 g/mol. The topological polar surface area (TPSA) is 103 Å². The van der Waals surface area contributed by atoms with Crippen LogP contribution in [0.4, 0.5) is 11.4 Å². The third-order valence-electron chi connectivity index (χ3n) is 2.74. The molecule has 7 nitrogen and oxygen atoms in total. The minimum atomic E-state index is -1.65. The Morgan fingerprint density at radius 1 is 0.952 bits per heavy atom. The van der Waals surface area contributed by atoms with E-state index >= 15 is 0 Å². The van der Waals surface area contributed by atoms with E-state index in [0.29, 0.717) is 0 Å². The maximum absolute atomic E-state index is 12.3. The number of nitro groups is 2. The molecule has 0 N–H and O–H groups in total. The predicted octanol–water partition coefficient (Wildman–Crippen LogP) is 2.81. The zero-order valence-electron chi connectivity index (χ0n) is 10.7. The summed E-state index contributed by atoms with van der Waals surface area (Å²) in [6.07, 6.45) is 0. The quantitative estimate of drug-likeness (QED) is 0.624. The Balaban J connectivity index is 2.36. The fourth-order valence-electron chi connectivity index (χ4n) is 1.76. The average Bonchev–Trinajstić information content (AvgIpc) is 2.47. The Hall–Kier alpha value is -2.61. The van der Waals surface area contributed by atoms with E-state index < -0.39 is 32.0 Å². The van der Waals surface area contributed by atoms with Crippen LogP contribution >= 0.6 is 0 Å². The van der Waals surface area contributed by atoms with Gasteiger partial charge in [-0.3, -0.25) is 24.4 Å². The molecule has 0 fully saturated rings. The van der Waals surface area contributed by atoms with Crippen molar-refractivity contribution in [2.75, 3.05) is 0 Å². The van der Waals surface area contributed by atoms with Gasteiger partial charge < -0.3 is 0 Å². The van der Waals surface area contributed by atoms with Crippen LogP contribution in [0, 0.1) is 20.2 Å². The van der Waals surface area contributed by atoms with Crippen molar-refractivity contribution in [2.45, 2.75) is 10.6 Å². The molecule has 21 heavy (non-hydrogen) atoms. The average molecular weight is 306 g/mol. The van der Waals surface area contributed by atoms with Gasteiger partial charge in [0.2, 0.25) is 0 Å². The van der Waals surface area contributed by atoms with E-state index in [1.165, 1.54) is 6.07 Å². The lowest BCUT2D eigenvalue weighted by molar-refractivity contribution is -0.396. The summed E-state index contributed by atoms with van der Waals surface area (Å²) >= 11 is 0. The van der Waals surface area contributed by atoms with Gasteiger partial charge in [0.1, 0.15) is 4.90 Å². The van der Waals surface area contributed by atoms with E-state index in [1.54, 1.807) is 30.3 Å². The molecule has 0 saturated carbocycles. The molecular formula is C13H10N2O5S. The van der Waals surface area contributed by atoms with E-state index in [4.69, 9.17) is 0 Å². The normalized spacial score (nSPS) is 11.8. The fraction of sp³-hybridized carbons (Fsp3) is 0.0769. The Morgan fingerprint density at radius 3 is 2.19 bits per heavy atom. The van der Waals surface area contributed by atoms with Crippen LogP contribution in [-0.4, -0.2) is 14.1 Å². The Morgan fingerprint density at radius 2 is 1.62 bits per heavy atom. The second-order valence-electron chi connectivity index (χ2n) is 4.14. The van der Waals surface area contributed by atoms with Crippen molar-refractivity contribution < 1.29 is 14.1 Å². The first-order chi connectivity index (χ1) is 9.99. The van der Waals surface area contributed by atoms with Crippen LogP contribution in [0.1, 0.15) is 5.56 Å². The molecule has 0 amide bonds. The third-order valence-corrected chi connectivity index (χ3v) is 4.17. The molecule has 2 aromatic carbocycles. The Labute approximate surface area is 122 Å². The van der Waals surface area contributed by atoms with Crippen LogP contribution in [0.5, 0.6) is 0 Å². The van der Waals surface area contributed by atoms with Gasteiger partial charge in [0.15, 0.2) is 0 Å². The molecule has 2 rings (SSSR count). The van der Waals surface area contributed by atoms with Gasteiger partial charge in [-0.05, 0) is 11.6 Å². The summed E-state index contributed by atoms with van der Waals surface area (Å²) in [4.78, 5) is 20.2. The molecule has 0 heterocycles. The van der Waals surface area contributed by atoms with Crippen molar-refractivity contribution in [1.82, 2.24) is 0 Å². The first-order valence-electron chi connectivity index (χ1n) is 5.84. The van der Waals surface area contributed by atoms with Gasteiger partial charge in [-0.15, -0.1) is 0 Å². The zero-order valence-corrected chi connectivity index (χ0v) is 11.5. The predicted molar refractivity (Wildman–Crippen MR) is 76.3 cm³/mol. The Kier molecular flexibility index (Phi) is 4.39. The summed E-state index contributed by atoms with van der Waals surface area (Å²) < 4.78 is 12.3. The molecule has 0 aromatic heterocycles.